The Balaban J connectivity index is 1.95. The number of nitriles is 1. The summed E-state index contributed by atoms with van der Waals surface area (Å²) < 4.78 is 0.170. The lowest BCUT2D eigenvalue weighted by molar-refractivity contribution is 0.688. The zero-order chi connectivity index (χ0) is 16.4. The molecule has 0 spiro atoms. The summed E-state index contributed by atoms with van der Waals surface area (Å²) in [7, 11) is 0. The van der Waals surface area contributed by atoms with Crippen molar-refractivity contribution in [2.75, 3.05) is 5.32 Å². The van der Waals surface area contributed by atoms with Crippen LogP contribution in [0.4, 0.5) is 5.82 Å². The van der Waals surface area contributed by atoms with Gasteiger partial charge in [0.25, 0.3) is 0 Å². The lowest BCUT2D eigenvalue weighted by Gasteiger charge is -2.32. The third kappa shape index (κ3) is 3.35. The number of nitrogens with one attached hydrogen (secondary N) is 1. The summed E-state index contributed by atoms with van der Waals surface area (Å²) >= 11 is 1.94. The van der Waals surface area contributed by atoms with Crippen molar-refractivity contribution in [2.45, 2.75) is 44.2 Å². The van der Waals surface area contributed by atoms with E-state index >= 15 is 0 Å². The lowest BCUT2D eigenvalue weighted by Crippen LogP contribution is -2.26. The molecule has 2 heterocycles. The fourth-order valence-electron chi connectivity index (χ4n) is 2.96. The summed E-state index contributed by atoms with van der Waals surface area (Å²) in [5.41, 5.74) is 5.37. The van der Waals surface area contributed by atoms with E-state index in [1.165, 1.54) is 16.7 Å². The molecule has 0 amide bonds. The topological polar surface area (TPSA) is 48.7 Å². The van der Waals surface area contributed by atoms with E-state index < -0.39 is 0 Å². The van der Waals surface area contributed by atoms with Gasteiger partial charge in [0.1, 0.15) is 11.9 Å². The third-order valence-corrected chi connectivity index (χ3v) is 5.60. The summed E-state index contributed by atoms with van der Waals surface area (Å²) in [6, 6.07) is 12.6. The fraction of sp³-hybridized carbons (Fsp3) is 0.368. The molecule has 0 saturated carbocycles. The predicted octanol–water partition coefficient (Wildman–Crippen LogP) is 4.44. The minimum atomic E-state index is 0.170. The van der Waals surface area contributed by atoms with Crippen LogP contribution in [0.3, 0.4) is 0 Å². The molecule has 0 bridgehead atoms. The van der Waals surface area contributed by atoms with Crippen LogP contribution in [-0.2, 0) is 18.7 Å². The molecular formula is C19H21N3S. The van der Waals surface area contributed by atoms with Crippen molar-refractivity contribution in [3.8, 4) is 6.07 Å². The maximum absolute atomic E-state index is 9.70. The zero-order valence-corrected chi connectivity index (χ0v) is 14.6. The second kappa shape index (κ2) is 6.25. The van der Waals surface area contributed by atoms with Gasteiger partial charge in [-0.15, -0.1) is 0 Å². The number of rotatable bonds is 3. The van der Waals surface area contributed by atoms with Crippen molar-refractivity contribution < 1.29 is 0 Å². The molecule has 1 aliphatic heterocycles. The Labute approximate surface area is 142 Å². The highest BCUT2D eigenvalue weighted by atomic mass is 32.2. The number of hydrogen-bond donors (Lipinski definition) is 1. The average Bonchev–Trinajstić information content (AvgIpc) is 2.53. The SMILES string of the molecule is Cc1nc(NCc2ccccc2)c(C#N)c2c1CSC(C)(C)C2. The minimum absolute atomic E-state index is 0.170. The van der Waals surface area contributed by atoms with Gasteiger partial charge in [-0.1, -0.05) is 44.2 Å². The molecule has 1 aromatic carbocycles. The van der Waals surface area contributed by atoms with Gasteiger partial charge in [-0.25, -0.2) is 4.98 Å². The van der Waals surface area contributed by atoms with E-state index in [1.807, 2.05) is 36.9 Å². The largest absolute Gasteiger partial charge is 0.365 e. The van der Waals surface area contributed by atoms with Crippen molar-refractivity contribution in [1.29, 1.82) is 5.26 Å². The second-order valence-electron chi connectivity index (χ2n) is 6.55. The van der Waals surface area contributed by atoms with Crippen LogP contribution in [0.1, 0.15) is 41.8 Å². The smallest absolute Gasteiger partial charge is 0.144 e. The number of nitrogens with zero attached hydrogens (tertiary/aromatic N) is 2. The summed E-state index contributed by atoms with van der Waals surface area (Å²) in [5.74, 6) is 1.66. The van der Waals surface area contributed by atoms with Gasteiger partial charge in [0.15, 0.2) is 0 Å². The Bertz CT molecular complexity index is 760. The lowest BCUT2D eigenvalue weighted by atomic mass is 9.92. The van der Waals surface area contributed by atoms with Crippen LogP contribution < -0.4 is 5.32 Å². The first kappa shape index (κ1) is 15.9. The van der Waals surface area contributed by atoms with Crippen LogP contribution in [-0.4, -0.2) is 9.73 Å². The van der Waals surface area contributed by atoms with Crippen LogP contribution in [0.2, 0.25) is 0 Å². The Morgan fingerprint density at radius 1 is 1.26 bits per heavy atom. The first-order valence-electron chi connectivity index (χ1n) is 7.84. The Kier molecular flexibility index (Phi) is 4.32. The van der Waals surface area contributed by atoms with Crippen molar-refractivity contribution in [3.05, 3.63) is 58.3 Å². The van der Waals surface area contributed by atoms with Crippen molar-refractivity contribution >= 4 is 17.6 Å². The van der Waals surface area contributed by atoms with Gasteiger partial charge in [0.05, 0.1) is 5.56 Å². The molecule has 118 valence electrons. The van der Waals surface area contributed by atoms with Gasteiger partial charge in [0, 0.05) is 22.7 Å². The van der Waals surface area contributed by atoms with E-state index in [-0.39, 0.29) is 4.75 Å². The molecular weight excluding hydrogens is 302 g/mol. The van der Waals surface area contributed by atoms with E-state index in [1.54, 1.807) is 0 Å². The third-order valence-electron chi connectivity index (χ3n) is 4.24. The van der Waals surface area contributed by atoms with E-state index in [2.05, 4.69) is 42.4 Å². The fourth-order valence-corrected chi connectivity index (χ4v) is 4.13. The molecule has 0 unspecified atom stereocenters. The highest BCUT2D eigenvalue weighted by Crippen LogP contribution is 2.41. The van der Waals surface area contributed by atoms with E-state index in [0.717, 1.165) is 29.2 Å². The monoisotopic (exact) mass is 323 g/mol. The molecule has 23 heavy (non-hydrogen) atoms. The predicted molar refractivity (Wildman–Crippen MR) is 96.5 cm³/mol. The number of anilines is 1. The number of benzene rings is 1. The van der Waals surface area contributed by atoms with Crippen LogP contribution in [0, 0.1) is 18.3 Å². The molecule has 1 aromatic heterocycles. The van der Waals surface area contributed by atoms with Gasteiger partial charge < -0.3 is 5.32 Å². The standard InChI is InChI=1S/C19H21N3S/c1-13-17-12-23-19(2,3)9-15(17)16(10-20)18(22-13)21-11-14-7-5-4-6-8-14/h4-8H,9,11-12H2,1-3H3,(H,21,22). The number of fused-ring (bicyclic) bond motifs is 1. The summed E-state index contributed by atoms with van der Waals surface area (Å²) in [6.45, 7) is 7.22. The van der Waals surface area contributed by atoms with Gasteiger partial charge in [0.2, 0.25) is 0 Å². The molecule has 3 rings (SSSR count). The summed E-state index contributed by atoms with van der Waals surface area (Å²) in [4.78, 5) is 4.67. The Morgan fingerprint density at radius 3 is 2.70 bits per heavy atom. The molecule has 3 nitrogen and oxygen atoms in total. The van der Waals surface area contributed by atoms with Crippen molar-refractivity contribution in [2.24, 2.45) is 0 Å². The molecule has 0 aliphatic carbocycles. The second-order valence-corrected chi connectivity index (χ2v) is 8.24. The highest BCUT2D eigenvalue weighted by Gasteiger charge is 2.30. The highest BCUT2D eigenvalue weighted by molar-refractivity contribution is 7.99. The summed E-state index contributed by atoms with van der Waals surface area (Å²) in [6.07, 6.45) is 0.916. The Morgan fingerprint density at radius 2 is 2.00 bits per heavy atom. The Hall–Kier alpha value is -1.99. The zero-order valence-electron chi connectivity index (χ0n) is 13.8. The molecule has 0 fully saturated rings. The first-order valence-corrected chi connectivity index (χ1v) is 8.83. The van der Waals surface area contributed by atoms with Gasteiger partial charge in [-0.05, 0) is 30.0 Å². The van der Waals surface area contributed by atoms with Gasteiger partial charge in [-0.3, -0.25) is 0 Å². The number of pyridine rings is 1. The minimum Gasteiger partial charge on any atom is -0.365 e. The maximum Gasteiger partial charge on any atom is 0.144 e. The molecule has 2 aromatic rings. The molecule has 4 heteroatoms. The maximum atomic E-state index is 9.70. The van der Waals surface area contributed by atoms with Crippen molar-refractivity contribution in [3.63, 3.8) is 0 Å². The molecule has 1 aliphatic rings. The van der Waals surface area contributed by atoms with Crippen LogP contribution in [0.15, 0.2) is 30.3 Å². The normalized spacial score (nSPS) is 15.6. The number of aromatic nitrogens is 1. The number of hydrogen-bond acceptors (Lipinski definition) is 4. The van der Waals surface area contributed by atoms with Crippen LogP contribution in [0.5, 0.6) is 0 Å². The van der Waals surface area contributed by atoms with Gasteiger partial charge in [-0.2, -0.15) is 17.0 Å². The number of aryl methyl sites for hydroxylation is 1. The quantitative estimate of drug-likeness (QED) is 0.907. The number of thioether (sulfide) groups is 1. The first-order chi connectivity index (χ1) is 11.0. The molecule has 1 N–H and O–H groups in total. The van der Waals surface area contributed by atoms with Gasteiger partial charge >= 0.3 is 0 Å². The van der Waals surface area contributed by atoms with Crippen LogP contribution in [0.25, 0.3) is 0 Å². The molecule has 0 atom stereocenters. The van der Waals surface area contributed by atoms with Crippen LogP contribution >= 0.6 is 11.8 Å². The molecule has 0 saturated heterocycles. The van der Waals surface area contributed by atoms with E-state index in [9.17, 15) is 5.26 Å². The average molecular weight is 323 g/mol. The van der Waals surface area contributed by atoms with Crippen molar-refractivity contribution in [1.82, 2.24) is 4.98 Å². The summed E-state index contributed by atoms with van der Waals surface area (Å²) in [5, 5.41) is 13.1. The molecule has 0 radical (unpaired) electrons. The van der Waals surface area contributed by atoms with E-state index in [0.29, 0.717) is 6.54 Å². The van der Waals surface area contributed by atoms with E-state index in [4.69, 9.17) is 0 Å².